The first-order valence-electron chi connectivity index (χ1n) is 9.25. The van der Waals surface area contributed by atoms with Gasteiger partial charge in [-0.1, -0.05) is 36.1 Å². The van der Waals surface area contributed by atoms with E-state index in [0.29, 0.717) is 5.39 Å². The summed E-state index contributed by atoms with van der Waals surface area (Å²) in [4.78, 5) is 10.0. The van der Waals surface area contributed by atoms with Crippen LogP contribution in [0, 0.1) is 0 Å². The van der Waals surface area contributed by atoms with Gasteiger partial charge in [0, 0.05) is 10.8 Å². The summed E-state index contributed by atoms with van der Waals surface area (Å²) in [6.07, 6.45) is 0. The molecular weight excluding hydrogens is 543 g/mol. The van der Waals surface area contributed by atoms with Crippen molar-refractivity contribution in [1.29, 1.82) is 0 Å². The van der Waals surface area contributed by atoms with E-state index in [1.807, 2.05) is 0 Å². The fourth-order valence-corrected chi connectivity index (χ4v) is 4.62. The van der Waals surface area contributed by atoms with Crippen LogP contribution in [0.15, 0.2) is 80.7 Å². The Hall–Kier alpha value is -3.39. The number of carboxylic acid groups (broad SMARTS) is 1. The maximum Gasteiger partial charge on any atom is 2.00 e. The van der Waals surface area contributed by atoms with Crippen molar-refractivity contribution in [1.82, 2.24) is 0 Å². The molecule has 0 atom stereocenters. The number of hydrogen-bond acceptors (Lipinski definition) is 9. The molecule has 0 saturated heterocycles. The second-order valence-corrected chi connectivity index (χ2v) is 9.90. The molecule has 179 valence electrons. The molecule has 11 nitrogen and oxygen atoms in total. The average molecular weight is 555 g/mol. The van der Waals surface area contributed by atoms with Gasteiger partial charge in [0.25, 0.3) is 20.2 Å². The second-order valence-electron chi connectivity index (χ2n) is 7.09. The van der Waals surface area contributed by atoms with Crippen LogP contribution < -0.4 is 10.2 Å². The number of azo groups is 1. The third-order valence-electron chi connectivity index (χ3n) is 4.91. The number of fused-ring (bicyclic) bond motifs is 2. The van der Waals surface area contributed by atoms with E-state index in [9.17, 15) is 40.9 Å². The summed E-state index contributed by atoms with van der Waals surface area (Å²) >= 11 is 0. The normalized spacial score (nSPS) is 12.2. The van der Waals surface area contributed by atoms with Gasteiger partial charge in [-0.3, -0.25) is 9.11 Å². The molecular formula is C21H12MnN2O9S2. The predicted molar refractivity (Wildman–Crippen MR) is 115 cm³/mol. The summed E-state index contributed by atoms with van der Waals surface area (Å²) in [7, 11) is -9.54. The van der Waals surface area contributed by atoms with Crippen molar-refractivity contribution in [3.63, 3.8) is 0 Å². The minimum absolute atomic E-state index is 0. The van der Waals surface area contributed by atoms with E-state index >= 15 is 0 Å². The Morgan fingerprint density at radius 3 is 2.09 bits per heavy atom. The Bertz CT molecular complexity index is 1750. The number of carbonyl (C=O) groups is 1. The maximum atomic E-state index is 12.6. The van der Waals surface area contributed by atoms with Crippen molar-refractivity contribution < 1.29 is 58.0 Å². The van der Waals surface area contributed by atoms with Crippen LogP contribution in [0.25, 0.3) is 21.5 Å². The summed E-state index contributed by atoms with van der Waals surface area (Å²) in [5.41, 5.74) is -1.11. The van der Waals surface area contributed by atoms with Crippen molar-refractivity contribution >= 4 is 59.1 Å². The zero-order chi connectivity index (χ0) is 24.8. The van der Waals surface area contributed by atoms with Crippen molar-refractivity contribution in [2.75, 3.05) is 0 Å². The smallest absolute Gasteiger partial charge is 0.871 e. The summed E-state index contributed by atoms with van der Waals surface area (Å²) < 4.78 is 65.6. The fourth-order valence-electron chi connectivity index (χ4n) is 3.39. The molecule has 0 aliphatic carbocycles. The molecule has 35 heavy (non-hydrogen) atoms. The quantitative estimate of drug-likeness (QED) is 0.211. The summed E-state index contributed by atoms with van der Waals surface area (Å²) in [5.74, 6) is -2.67. The van der Waals surface area contributed by atoms with Gasteiger partial charge in [0.15, 0.2) is 0 Å². The first-order chi connectivity index (χ1) is 15.9. The van der Waals surface area contributed by atoms with E-state index in [4.69, 9.17) is 0 Å². The molecule has 0 aliphatic rings. The van der Waals surface area contributed by atoms with Gasteiger partial charge in [-0.05, 0) is 46.7 Å². The topological polar surface area (TPSA) is 197 Å². The zero-order valence-corrected chi connectivity index (χ0v) is 19.9. The van der Waals surface area contributed by atoms with Crippen molar-refractivity contribution in [3.8, 4) is 5.75 Å². The van der Waals surface area contributed by atoms with Crippen LogP contribution in [0.5, 0.6) is 5.75 Å². The third-order valence-corrected chi connectivity index (χ3v) is 6.65. The molecule has 4 aromatic carbocycles. The molecule has 1 radical (unpaired) electrons. The number of aromatic carboxylic acids is 1. The van der Waals surface area contributed by atoms with Crippen LogP contribution in [0.4, 0.5) is 11.4 Å². The fraction of sp³-hybridized carbons (Fsp3) is 0. The molecule has 0 amide bonds. The SMILES string of the molecule is O=C([O-])c1cc2ccccc2c(N=Nc2cc(S(=O)(=O)O)c3cc(S(=O)(=O)O)ccc3c2)c1[O-].[Mn+2]. The van der Waals surface area contributed by atoms with Crippen LogP contribution in [0.2, 0.25) is 0 Å². The van der Waals surface area contributed by atoms with Gasteiger partial charge < -0.3 is 15.0 Å². The first kappa shape index (κ1) is 26.2. The standard InChI is InChI=1S/C21H14N2O9S2.Mn/c24-20-17(21(25)26)8-11-3-1-2-4-15(11)19(20)23-22-13-7-12-5-6-14(33(27,28)29)10-16(12)18(9-13)34(30,31)32;/h1-10,24H,(H,25,26)(H,27,28,29)(H,30,31,32);/q;+2/p-2. The molecule has 0 aliphatic heterocycles. The summed E-state index contributed by atoms with van der Waals surface area (Å²) in [5, 5.41) is 32.2. The maximum absolute atomic E-state index is 12.6. The predicted octanol–water partition coefficient (Wildman–Crippen LogP) is 2.34. The van der Waals surface area contributed by atoms with Gasteiger partial charge in [0.1, 0.15) is 4.90 Å². The molecule has 0 saturated carbocycles. The van der Waals surface area contributed by atoms with Crippen LogP contribution in [-0.4, -0.2) is 31.9 Å². The van der Waals surface area contributed by atoms with Gasteiger partial charge in [-0.2, -0.15) is 27.1 Å². The Morgan fingerprint density at radius 1 is 0.800 bits per heavy atom. The van der Waals surface area contributed by atoms with E-state index in [1.165, 1.54) is 18.2 Å². The van der Waals surface area contributed by atoms with Gasteiger partial charge in [-0.25, -0.2) is 0 Å². The minimum Gasteiger partial charge on any atom is -0.871 e. The van der Waals surface area contributed by atoms with Crippen LogP contribution in [0.1, 0.15) is 10.4 Å². The minimum atomic E-state index is -4.88. The van der Waals surface area contributed by atoms with E-state index in [2.05, 4.69) is 10.2 Å². The van der Waals surface area contributed by atoms with E-state index in [1.54, 1.807) is 18.2 Å². The van der Waals surface area contributed by atoms with Crippen LogP contribution >= 0.6 is 0 Å². The van der Waals surface area contributed by atoms with Gasteiger partial charge in [0.05, 0.1) is 22.2 Å². The van der Waals surface area contributed by atoms with Crippen molar-refractivity contribution in [3.05, 3.63) is 66.2 Å². The molecule has 14 heteroatoms. The number of carboxylic acids is 1. The second kappa shape index (κ2) is 9.34. The van der Waals surface area contributed by atoms with Gasteiger partial charge >= 0.3 is 17.1 Å². The van der Waals surface area contributed by atoms with E-state index in [-0.39, 0.29) is 44.6 Å². The number of nitrogens with zero attached hydrogens (tertiary/aromatic N) is 2. The number of carbonyl (C=O) groups excluding carboxylic acids is 1. The van der Waals surface area contributed by atoms with Gasteiger partial charge in [0.2, 0.25) is 0 Å². The molecule has 4 aromatic rings. The van der Waals surface area contributed by atoms with Gasteiger partial charge in [-0.15, -0.1) is 0 Å². The molecule has 0 aromatic heterocycles. The van der Waals surface area contributed by atoms with E-state index < -0.39 is 47.3 Å². The number of hydrogen-bond donors (Lipinski definition) is 2. The summed E-state index contributed by atoms with van der Waals surface area (Å²) in [6.45, 7) is 0. The first-order valence-corrected chi connectivity index (χ1v) is 12.1. The molecule has 4 rings (SSSR count). The van der Waals surface area contributed by atoms with E-state index in [0.717, 1.165) is 24.3 Å². The molecule has 0 spiro atoms. The largest absolute Gasteiger partial charge is 2.00 e. The van der Waals surface area contributed by atoms with Crippen LogP contribution in [-0.2, 0) is 37.3 Å². The summed E-state index contributed by atoms with van der Waals surface area (Å²) in [6, 6.07) is 12.7. The molecule has 0 fully saturated rings. The Labute approximate surface area is 208 Å². The van der Waals surface area contributed by atoms with Crippen molar-refractivity contribution in [2.45, 2.75) is 9.79 Å². The monoisotopic (exact) mass is 555 g/mol. The van der Waals surface area contributed by atoms with Crippen LogP contribution in [0.3, 0.4) is 0 Å². The average Bonchev–Trinajstić information content (AvgIpc) is 2.75. The third kappa shape index (κ3) is 5.17. The van der Waals surface area contributed by atoms with Crippen molar-refractivity contribution in [2.24, 2.45) is 10.2 Å². The molecule has 0 heterocycles. The number of rotatable bonds is 5. The zero-order valence-electron chi connectivity index (χ0n) is 17.1. The molecule has 0 unspecified atom stereocenters. The molecule has 0 bridgehead atoms. The number of benzene rings is 4. The Balaban J connectivity index is 0.00000342. The Kier molecular flexibility index (Phi) is 6.99. The Morgan fingerprint density at radius 2 is 1.46 bits per heavy atom. The molecule has 2 N–H and O–H groups in total.